The largest absolute Gasteiger partial charge is 0.497 e. The fraction of sp³-hybridized carbons (Fsp3) is 0.278. The third kappa shape index (κ3) is 4.40. The molecule has 0 aliphatic heterocycles. The van der Waals surface area contributed by atoms with Gasteiger partial charge >= 0.3 is 0 Å². The highest BCUT2D eigenvalue weighted by atomic mass is 32.1. The van der Waals surface area contributed by atoms with E-state index in [1.165, 1.54) is 0 Å². The minimum Gasteiger partial charge on any atom is -0.497 e. The molecule has 0 aliphatic rings. The average Bonchev–Trinajstić information content (AvgIpc) is 3.35. The zero-order valence-corrected chi connectivity index (χ0v) is 15.5. The number of nitrogens with one attached hydrogen (secondary N) is 1. The molecule has 0 unspecified atom stereocenters. The molecule has 8 heteroatoms. The minimum absolute atomic E-state index is 0.0482. The van der Waals surface area contributed by atoms with Crippen LogP contribution in [-0.2, 0) is 17.8 Å². The van der Waals surface area contributed by atoms with Gasteiger partial charge in [0.05, 0.1) is 32.6 Å². The maximum absolute atomic E-state index is 12.1. The molecule has 2 heterocycles. The Hall–Kier alpha value is -2.87. The highest BCUT2D eigenvalue weighted by Crippen LogP contribution is 2.25. The van der Waals surface area contributed by atoms with Gasteiger partial charge in [-0.05, 0) is 29.5 Å². The lowest BCUT2D eigenvalue weighted by Crippen LogP contribution is -2.23. The Morgan fingerprint density at radius 1 is 1.27 bits per heavy atom. The lowest BCUT2D eigenvalue weighted by atomic mass is 10.1. The predicted octanol–water partition coefficient (Wildman–Crippen LogP) is 2.60. The molecule has 0 fully saturated rings. The number of thiophene rings is 1. The van der Waals surface area contributed by atoms with Crippen LogP contribution in [0.15, 0.2) is 41.2 Å². The fourth-order valence-corrected chi connectivity index (χ4v) is 3.10. The van der Waals surface area contributed by atoms with E-state index < -0.39 is 0 Å². The molecule has 0 saturated heterocycles. The van der Waals surface area contributed by atoms with E-state index in [-0.39, 0.29) is 5.91 Å². The Labute approximate surface area is 155 Å². The van der Waals surface area contributed by atoms with Crippen molar-refractivity contribution in [2.75, 3.05) is 14.2 Å². The number of benzene rings is 1. The molecule has 3 rings (SSSR count). The first-order valence-corrected chi connectivity index (χ1v) is 9.05. The Morgan fingerprint density at radius 2 is 2.15 bits per heavy atom. The first kappa shape index (κ1) is 17.9. The molecule has 7 nitrogen and oxygen atoms in total. The molecule has 0 aliphatic carbocycles. The Bertz CT molecular complexity index is 861. The number of carbonyl (C=O) groups is 1. The number of hydrogen-bond acceptors (Lipinski definition) is 6. The summed E-state index contributed by atoms with van der Waals surface area (Å²) >= 11 is 1.60. The smallest absolute Gasteiger partial charge is 0.220 e. The molecule has 0 spiro atoms. The van der Waals surface area contributed by atoms with E-state index in [9.17, 15) is 4.79 Å². The summed E-state index contributed by atoms with van der Waals surface area (Å²) in [6, 6.07) is 7.55. The van der Waals surface area contributed by atoms with Crippen LogP contribution in [0.4, 0.5) is 0 Å². The number of carbonyl (C=O) groups excluding carboxylic acids is 1. The van der Waals surface area contributed by atoms with Crippen molar-refractivity contribution in [3.8, 4) is 17.2 Å². The van der Waals surface area contributed by atoms with Crippen LogP contribution in [0, 0.1) is 0 Å². The van der Waals surface area contributed by atoms with Gasteiger partial charge in [0.15, 0.2) is 0 Å². The summed E-state index contributed by atoms with van der Waals surface area (Å²) in [5.41, 5.74) is 2.64. The molecule has 0 bridgehead atoms. The van der Waals surface area contributed by atoms with E-state index in [1.807, 2.05) is 41.2 Å². The maximum Gasteiger partial charge on any atom is 0.220 e. The number of aromatic nitrogens is 3. The van der Waals surface area contributed by atoms with Crippen LogP contribution in [0.25, 0.3) is 5.69 Å². The summed E-state index contributed by atoms with van der Waals surface area (Å²) in [6.45, 7) is 0.350. The minimum atomic E-state index is -0.0482. The molecule has 0 saturated carbocycles. The number of ether oxygens (including phenoxy) is 2. The number of nitrogens with zero attached hydrogens (tertiary/aromatic N) is 3. The van der Waals surface area contributed by atoms with Gasteiger partial charge in [0.1, 0.15) is 17.2 Å². The summed E-state index contributed by atoms with van der Waals surface area (Å²) in [5, 5.41) is 15.0. The van der Waals surface area contributed by atoms with Crippen LogP contribution in [0.3, 0.4) is 0 Å². The normalized spacial score (nSPS) is 10.5. The zero-order valence-electron chi connectivity index (χ0n) is 14.6. The molecule has 26 heavy (non-hydrogen) atoms. The molecule has 3 aromatic rings. The predicted molar refractivity (Wildman–Crippen MR) is 98.9 cm³/mol. The second-order valence-corrected chi connectivity index (χ2v) is 6.37. The SMILES string of the molecule is COc1ccc(CCC(=O)NCc2cn(-c3ccsc3)nn2)c(OC)c1. The van der Waals surface area contributed by atoms with Crippen molar-refractivity contribution in [2.45, 2.75) is 19.4 Å². The topological polar surface area (TPSA) is 78.3 Å². The standard InChI is InChI=1S/C18H20N4O3S/c1-24-16-5-3-13(17(9-16)25-2)4-6-18(23)19-10-14-11-22(21-20-14)15-7-8-26-12-15/h3,5,7-9,11-12H,4,6,10H2,1-2H3,(H,19,23). The molecule has 1 amide bonds. The van der Waals surface area contributed by atoms with Gasteiger partial charge in [-0.15, -0.1) is 5.10 Å². The number of aryl methyl sites for hydroxylation is 1. The van der Waals surface area contributed by atoms with Crippen LogP contribution in [-0.4, -0.2) is 35.1 Å². The van der Waals surface area contributed by atoms with E-state index >= 15 is 0 Å². The Balaban J connectivity index is 1.50. The molecule has 0 atom stereocenters. The quantitative estimate of drug-likeness (QED) is 0.658. The Morgan fingerprint density at radius 3 is 2.88 bits per heavy atom. The van der Waals surface area contributed by atoms with Crippen LogP contribution < -0.4 is 14.8 Å². The Kier molecular flexibility index (Phi) is 5.85. The number of rotatable bonds is 8. The molecule has 2 aromatic heterocycles. The van der Waals surface area contributed by atoms with Crippen molar-refractivity contribution in [3.63, 3.8) is 0 Å². The first-order valence-electron chi connectivity index (χ1n) is 8.11. The van der Waals surface area contributed by atoms with Crippen LogP contribution in [0.5, 0.6) is 11.5 Å². The number of amides is 1. The van der Waals surface area contributed by atoms with Crippen molar-refractivity contribution in [1.29, 1.82) is 0 Å². The van der Waals surface area contributed by atoms with Gasteiger partial charge in [-0.2, -0.15) is 11.3 Å². The van der Waals surface area contributed by atoms with Crippen LogP contribution in [0.1, 0.15) is 17.7 Å². The van der Waals surface area contributed by atoms with Crippen molar-refractivity contribution in [3.05, 3.63) is 52.5 Å². The maximum atomic E-state index is 12.1. The van der Waals surface area contributed by atoms with Crippen LogP contribution in [0.2, 0.25) is 0 Å². The van der Waals surface area contributed by atoms with E-state index in [4.69, 9.17) is 9.47 Å². The van der Waals surface area contributed by atoms with Gasteiger partial charge in [-0.25, -0.2) is 4.68 Å². The molecular formula is C18H20N4O3S. The van der Waals surface area contributed by atoms with Crippen molar-refractivity contribution < 1.29 is 14.3 Å². The monoisotopic (exact) mass is 372 g/mol. The van der Waals surface area contributed by atoms with E-state index in [0.29, 0.717) is 25.1 Å². The summed E-state index contributed by atoms with van der Waals surface area (Å²) < 4.78 is 12.2. The van der Waals surface area contributed by atoms with Crippen molar-refractivity contribution in [2.24, 2.45) is 0 Å². The second-order valence-electron chi connectivity index (χ2n) is 5.59. The van der Waals surface area contributed by atoms with Gasteiger partial charge in [0, 0.05) is 17.9 Å². The van der Waals surface area contributed by atoms with E-state index in [0.717, 1.165) is 22.7 Å². The summed E-state index contributed by atoms with van der Waals surface area (Å²) in [4.78, 5) is 12.1. The lowest BCUT2D eigenvalue weighted by Gasteiger charge is -2.10. The van der Waals surface area contributed by atoms with E-state index in [1.54, 1.807) is 30.2 Å². The third-order valence-electron chi connectivity index (χ3n) is 3.89. The van der Waals surface area contributed by atoms with Gasteiger partial charge < -0.3 is 14.8 Å². The molecule has 1 aromatic carbocycles. The highest BCUT2D eigenvalue weighted by Gasteiger charge is 2.09. The second kappa shape index (κ2) is 8.48. The molecule has 0 radical (unpaired) electrons. The molecular weight excluding hydrogens is 352 g/mol. The lowest BCUT2D eigenvalue weighted by molar-refractivity contribution is -0.121. The van der Waals surface area contributed by atoms with Crippen molar-refractivity contribution in [1.82, 2.24) is 20.3 Å². The zero-order chi connectivity index (χ0) is 18.4. The van der Waals surface area contributed by atoms with Crippen LogP contribution >= 0.6 is 11.3 Å². The summed E-state index contributed by atoms with van der Waals surface area (Å²) in [7, 11) is 3.21. The molecule has 1 N–H and O–H groups in total. The first-order chi connectivity index (χ1) is 12.7. The summed E-state index contributed by atoms with van der Waals surface area (Å²) in [5.74, 6) is 1.40. The van der Waals surface area contributed by atoms with E-state index in [2.05, 4.69) is 15.6 Å². The fourth-order valence-electron chi connectivity index (χ4n) is 2.48. The molecule has 136 valence electrons. The summed E-state index contributed by atoms with van der Waals surface area (Å²) in [6.07, 6.45) is 2.76. The van der Waals surface area contributed by atoms with Gasteiger partial charge in [-0.3, -0.25) is 4.79 Å². The van der Waals surface area contributed by atoms with Gasteiger partial charge in [-0.1, -0.05) is 11.3 Å². The number of methoxy groups -OCH3 is 2. The average molecular weight is 372 g/mol. The van der Waals surface area contributed by atoms with Gasteiger partial charge in [0.25, 0.3) is 0 Å². The number of hydrogen-bond donors (Lipinski definition) is 1. The van der Waals surface area contributed by atoms with Gasteiger partial charge in [0.2, 0.25) is 5.91 Å². The van der Waals surface area contributed by atoms with Crippen molar-refractivity contribution >= 4 is 17.2 Å². The highest BCUT2D eigenvalue weighted by molar-refractivity contribution is 7.08. The third-order valence-corrected chi connectivity index (χ3v) is 4.56.